The molecule has 0 aliphatic rings. The molecule has 0 spiro atoms. The number of H-pyrrole nitrogens is 1. The first-order chi connectivity index (χ1) is 12.0. The summed E-state index contributed by atoms with van der Waals surface area (Å²) in [5, 5.41) is 2.92. The summed E-state index contributed by atoms with van der Waals surface area (Å²) in [5.41, 5.74) is 5.63. The van der Waals surface area contributed by atoms with Crippen LogP contribution in [0, 0.1) is 20.8 Å². The number of anilines is 1. The second kappa shape index (κ2) is 6.85. The van der Waals surface area contributed by atoms with Gasteiger partial charge in [0.05, 0.1) is 0 Å². The third-order valence-corrected chi connectivity index (χ3v) is 4.17. The number of hydrogen-bond donors (Lipinski definition) is 2. The molecule has 0 fully saturated rings. The van der Waals surface area contributed by atoms with E-state index in [0.717, 1.165) is 33.8 Å². The van der Waals surface area contributed by atoms with Gasteiger partial charge in [-0.1, -0.05) is 29.3 Å². The quantitative estimate of drug-likeness (QED) is 0.701. The molecule has 0 bridgehead atoms. The Morgan fingerprint density at radius 2 is 1.64 bits per heavy atom. The molecule has 0 aliphatic heterocycles. The monoisotopic (exact) mass is 336 g/mol. The summed E-state index contributed by atoms with van der Waals surface area (Å²) in [5.74, 6) is 1.58. The summed E-state index contributed by atoms with van der Waals surface area (Å²) >= 11 is 0. The Hall–Kier alpha value is -3.01. The van der Waals surface area contributed by atoms with Gasteiger partial charge < -0.3 is 15.0 Å². The molecule has 0 atom stereocenters. The molecule has 1 heterocycles. The molecule has 4 heteroatoms. The number of hydrogen-bond acceptors (Lipinski definition) is 3. The van der Waals surface area contributed by atoms with Crippen LogP contribution in [0.1, 0.15) is 18.1 Å². The van der Waals surface area contributed by atoms with Crippen molar-refractivity contribution in [3.63, 3.8) is 0 Å². The molecule has 130 valence electrons. The molecule has 0 radical (unpaired) electrons. The van der Waals surface area contributed by atoms with Gasteiger partial charge in [0, 0.05) is 25.8 Å². The minimum Gasteiger partial charge on any atom is -0.456 e. The van der Waals surface area contributed by atoms with Gasteiger partial charge in [-0.2, -0.15) is 0 Å². The largest absolute Gasteiger partial charge is 0.456 e. The Balaban J connectivity index is 0.00000243. The summed E-state index contributed by atoms with van der Waals surface area (Å²) in [6, 6.07) is 14.0. The number of benzene rings is 2. The van der Waals surface area contributed by atoms with Gasteiger partial charge in [0.25, 0.3) is 5.56 Å². The smallest absolute Gasteiger partial charge is 0.271 e. The fraction of sp³-hybridized carbons (Fsp3) is 0.190. The third-order valence-electron chi connectivity index (χ3n) is 4.17. The van der Waals surface area contributed by atoms with E-state index >= 15 is 0 Å². The van der Waals surface area contributed by atoms with E-state index in [-0.39, 0.29) is 6.99 Å². The molecule has 0 unspecified atom stereocenters. The first-order valence-electron chi connectivity index (χ1n) is 8.24. The van der Waals surface area contributed by atoms with E-state index in [1.165, 1.54) is 5.56 Å². The van der Waals surface area contributed by atoms with E-state index in [4.69, 9.17) is 4.74 Å². The zero-order chi connectivity index (χ0) is 18.0. The molecular formula is C21H24N2O2. The highest BCUT2D eigenvalue weighted by molar-refractivity contribution is 5.73. The predicted molar refractivity (Wildman–Crippen MR) is 105 cm³/mol. The fourth-order valence-corrected chi connectivity index (χ4v) is 2.82. The van der Waals surface area contributed by atoms with Crippen LogP contribution in [0.25, 0.3) is 11.1 Å². The lowest BCUT2D eigenvalue weighted by molar-refractivity contribution is 0.480. The molecule has 4 nitrogen and oxygen atoms in total. The molecule has 3 aromatic rings. The lowest BCUT2D eigenvalue weighted by atomic mass is 10.0. The molecule has 0 saturated carbocycles. The fourth-order valence-electron chi connectivity index (χ4n) is 2.82. The number of aromatic nitrogens is 1. The van der Waals surface area contributed by atoms with Gasteiger partial charge >= 0.3 is 0 Å². The summed E-state index contributed by atoms with van der Waals surface area (Å²) in [6.07, 6.45) is 1.72. The van der Waals surface area contributed by atoms with Crippen molar-refractivity contribution in [3.05, 3.63) is 75.7 Å². The van der Waals surface area contributed by atoms with Crippen LogP contribution in [0.4, 0.5) is 5.69 Å². The van der Waals surface area contributed by atoms with Crippen LogP contribution >= 0.6 is 0 Å². The predicted octanol–water partition coefficient (Wildman–Crippen LogP) is 5.05. The van der Waals surface area contributed by atoms with E-state index in [2.05, 4.69) is 29.4 Å². The molecule has 0 saturated heterocycles. The van der Waals surface area contributed by atoms with Crippen molar-refractivity contribution in [1.29, 1.82) is 0 Å². The van der Waals surface area contributed by atoms with Gasteiger partial charge in [0.1, 0.15) is 17.2 Å². The number of aromatic amines is 1. The van der Waals surface area contributed by atoms with Crippen LogP contribution in [-0.2, 0) is 0 Å². The average molecular weight is 336 g/mol. The zero-order valence-corrected chi connectivity index (χ0v) is 14.9. The molecular weight excluding hydrogens is 312 g/mol. The average Bonchev–Trinajstić information content (AvgIpc) is 2.59. The summed E-state index contributed by atoms with van der Waals surface area (Å²) < 4.78 is 6.20. The highest BCUT2D eigenvalue weighted by atomic mass is 16.5. The second-order valence-electron chi connectivity index (χ2n) is 6.25. The molecule has 1 aromatic heterocycles. The van der Waals surface area contributed by atoms with Crippen molar-refractivity contribution in [2.75, 3.05) is 12.4 Å². The summed E-state index contributed by atoms with van der Waals surface area (Å²) in [4.78, 5) is 14.6. The Kier molecular flexibility index (Phi) is 4.61. The Morgan fingerprint density at radius 1 is 0.960 bits per heavy atom. The lowest BCUT2D eigenvalue weighted by Gasteiger charge is -2.15. The van der Waals surface area contributed by atoms with Gasteiger partial charge in [0.15, 0.2) is 0 Å². The van der Waals surface area contributed by atoms with Gasteiger partial charge in [0.2, 0.25) is 0 Å². The minimum absolute atomic E-state index is 0. The molecule has 3 rings (SSSR count). The maximum atomic E-state index is 11.8. The zero-order valence-electron chi connectivity index (χ0n) is 14.9. The van der Waals surface area contributed by atoms with E-state index in [1.54, 1.807) is 13.2 Å². The second-order valence-corrected chi connectivity index (χ2v) is 6.25. The maximum Gasteiger partial charge on any atom is 0.271 e. The summed E-state index contributed by atoms with van der Waals surface area (Å²) in [7, 11) is 1.73. The Morgan fingerprint density at radius 3 is 2.32 bits per heavy atom. The van der Waals surface area contributed by atoms with E-state index in [9.17, 15) is 4.79 Å². The van der Waals surface area contributed by atoms with Crippen LogP contribution < -0.4 is 15.6 Å². The molecule has 25 heavy (non-hydrogen) atoms. The number of nitrogens with one attached hydrogen (secondary N) is 2. The molecule has 0 aliphatic carbocycles. The number of ether oxygens (including phenoxy) is 1. The third kappa shape index (κ3) is 3.58. The number of pyridine rings is 1. The van der Waals surface area contributed by atoms with Gasteiger partial charge in [-0.3, -0.25) is 4.79 Å². The van der Waals surface area contributed by atoms with Gasteiger partial charge in [-0.15, -0.1) is 0 Å². The van der Waals surface area contributed by atoms with Crippen molar-refractivity contribution < 1.29 is 6.16 Å². The summed E-state index contributed by atoms with van der Waals surface area (Å²) in [6.45, 7) is 6.14. The normalized spacial score (nSPS) is 10.6. The molecule has 2 N–H and O–H groups in total. The standard InChI is InChI=1S/C21H22N2O2.H2/c1-13-5-7-19(15(3)9-13)25-20-8-6-14(2)10-17(20)16-11-18(22-4)21(24)23-12-16;/h5-12,22H,1-4H3,(H,23,24);1H. The first kappa shape index (κ1) is 16.8. The molecule has 0 amide bonds. The highest BCUT2D eigenvalue weighted by Gasteiger charge is 2.11. The van der Waals surface area contributed by atoms with Crippen molar-refractivity contribution in [2.45, 2.75) is 20.8 Å². The minimum atomic E-state index is -0.143. The Labute approximate surface area is 149 Å². The topological polar surface area (TPSA) is 54.1 Å². The van der Waals surface area contributed by atoms with Crippen LogP contribution in [0.3, 0.4) is 0 Å². The van der Waals surface area contributed by atoms with Gasteiger partial charge in [-0.25, -0.2) is 0 Å². The van der Waals surface area contributed by atoms with Crippen molar-refractivity contribution in [3.8, 4) is 22.6 Å². The van der Waals surface area contributed by atoms with Crippen molar-refractivity contribution >= 4 is 5.69 Å². The van der Waals surface area contributed by atoms with Crippen LogP contribution in [-0.4, -0.2) is 12.0 Å². The van der Waals surface area contributed by atoms with Crippen molar-refractivity contribution in [1.82, 2.24) is 4.98 Å². The highest BCUT2D eigenvalue weighted by Crippen LogP contribution is 2.35. The molecule has 2 aromatic carbocycles. The maximum absolute atomic E-state index is 11.8. The SMILES string of the molecule is CNc1cc(-c2cc(C)ccc2Oc2ccc(C)cc2C)c[nH]c1=O.[HH]. The lowest BCUT2D eigenvalue weighted by Crippen LogP contribution is -2.10. The van der Waals surface area contributed by atoms with Crippen molar-refractivity contribution in [2.24, 2.45) is 0 Å². The first-order valence-corrected chi connectivity index (χ1v) is 8.24. The van der Waals surface area contributed by atoms with E-state index in [1.807, 2.05) is 44.2 Å². The van der Waals surface area contributed by atoms with Crippen LogP contribution in [0.2, 0.25) is 0 Å². The van der Waals surface area contributed by atoms with E-state index in [0.29, 0.717) is 5.69 Å². The van der Waals surface area contributed by atoms with Crippen LogP contribution in [0.5, 0.6) is 11.5 Å². The Bertz CT molecular complexity index is 980. The van der Waals surface area contributed by atoms with Crippen LogP contribution in [0.15, 0.2) is 53.5 Å². The van der Waals surface area contributed by atoms with Gasteiger partial charge in [-0.05, 0) is 50.6 Å². The van der Waals surface area contributed by atoms with E-state index < -0.39 is 0 Å². The number of aryl methyl sites for hydroxylation is 3. The number of rotatable bonds is 4.